The van der Waals surface area contributed by atoms with Gasteiger partial charge in [0.15, 0.2) is 5.78 Å². The Labute approximate surface area is 180 Å². The van der Waals surface area contributed by atoms with Gasteiger partial charge in [0.05, 0.1) is 10.3 Å². The summed E-state index contributed by atoms with van der Waals surface area (Å²) in [6.45, 7) is 4.23. The van der Waals surface area contributed by atoms with Crippen LogP contribution < -0.4 is 0 Å². The number of hydrogen-bond donors (Lipinski definition) is 1. The highest BCUT2D eigenvalue weighted by atomic mass is 32.2. The lowest BCUT2D eigenvalue weighted by Gasteiger charge is -2.31. The van der Waals surface area contributed by atoms with Crippen molar-refractivity contribution in [3.05, 3.63) is 54.4 Å². The fraction of sp³-hybridized carbons (Fsp3) is 0.333. The summed E-state index contributed by atoms with van der Waals surface area (Å²) in [5, 5.41) is 1.17. The molecular formula is C21H24N4O3S2. The van der Waals surface area contributed by atoms with E-state index in [1.807, 2.05) is 38.2 Å². The van der Waals surface area contributed by atoms with Gasteiger partial charge in [0.1, 0.15) is 4.90 Å². The van der Waals surface area contributed by atoms with Gasteiger partial charge < -0.3 is 9.88 Å². The van der Waals surface area contributed by atoms with Crippen LogP contribution in [0.1, 0.15) is 17.3 Å². The molecule has 30 heavy (non-hydrogen) atoms. The Morgan fingerprint density at radius 3 is 2.57 bits per heavy atom. The highest BCUT2D eigenvalue weighted by Gasteiger charge is 2.28. The molecule has 0 radical (unpaired) electrons. The number of piperazine rings is 1. The van der Waals surface area contributed by atoms with E-state index in [0.29, 0.717) is 36.8 Å². The third-order valence-electron chi connectivity index (χ3n) is 5.33. The summed E-state index contributed by atoms with van der Waals surface area (Å²) in [4.78, 5) is 22.6. The van der Waals surface area contributed by atoms with Crippen LogP contribution in [0.5, 0.6) is 0 Å². The fourth-order valence-corrected chi connectivity index (χ4v) is 5.72. The average molecular weight is 445 g/mol. The van der Waals surface area contributed by atoms with Crippen molar-refractivity contribution in [1.29, 1.82) is 0 Å². The minimum absolute atomic E-state index is 0.00776. The SMILES string of the molecule is CC(Sc1ccc(S(=O)(=O)N2CCN(C)CC2)cn1)C(=O)c1c[nH]c2ccccc12. The third kappa shape index (κ3) is 4.15. The molecule has 3 aromatic rings. The first-order valence-corrected chi connectivity index (χ1v) is 12.1. The molecule has 0 saturated carbocycles. The van der Waals surface area contributed by atoms with Crippen LogP contribution in [0.2, 0.25) is 0 Å². The van der Waals surface area contributed by atoms with E-state index in [1.165, 1.54) is 22.3 Å². The van der Waals surface area contributed by atoms with Gasteiger partial charge in [-0.1, -0.05) is 30.0 Å². The lowest BCUT2D eigenvalue weighted by molar-refractivity contribution is 0.0995. The van der Waals surface area contributed by atoms with Crippen molar-refractivity contribution in [2.75, 3.05) is 33.2 Å². The molecule has 7 nitrogen and oxygen atoms in total. The zero-order valence-corrected chi connectivity index (χ0v) is 18.5. The number of benzene rings is 1. The lowest BCUT2D eigenvalue weighted by Crippen LogP contribution is -2.47. The van der Waals surface area contributed by atoms with E-state index in [-0.39, 0.29) is 15.9 Å². The number of fused-ring (bicyclic) bond motifs is 1. The molecule has 0 aliphatic carbocycles. The van der Waals surface area contributed by atoms with Crippen molar-refractivity contribution in [2.24, 2.45) is 0 Å². The Bertz CT molecular complexity index is 1150. The summed E-state index contributed by atoms with van der Waals surface area (Å²) in [5.41, 5.74) is 1.58. The molecule has 1 atom stereocenters. The highest BCUT2D eigenvalue weighted by Crippen LogP contribution is 2.28. The second-order valence-electron chi connectivity index (χ2n) is 7.41. The summed E-state index contributed by atoms with van der Waals surface area (Å²) < 4.78 is 27.1. The zero-order valence-electron chi connectivity index (χ0n) is 16.9. The maximum atomic E-state index is 12.9. The van der Waals surface area contributed by atoms with E-state index < -0.39 is 10.0 Å². The first-order chi connectivity index (χ1) is 14.4. The first kappa shape index (κ1) is 21.0. The van der Waals surface area contributed by atoms with Gasteiger partial charge in [-0.2, -0.15) is 4.31 Å². The second kappa shape index (κ2) is 8.50. The predicted octanol–water partition coefficient (Wildman–Crippen LogP) is 2.86. The number of likely N-dealkylation sites (N-methyl/N-ethyl adjacent to an activating group) is 1. The van der Waals surface area contributed by atoms with Gasteiger partial charge in [-0.05, 0) is 32.2 Å². The summed E-state index contributed by atoms with van der Waals surface area (Å²) in [7, 11) is -1.56. The molecule has 1 fully saturated rings. The van der Waals surface area contributed by atoms with Crippen molar-refractivity contribution < 1.29 is 13.2 Å². The van der Waals surface area contributed by atoms with E-state index in [4.69, 9.17) is 0 Å². The van der Waals surface area contributed by atoms with Crippen LogP contribution in [0.25, 0.3) is 10.9 Å². The molecule has 2 aromatic heterocycles. The van der Waals surface area contributed by atoms with Gasteiger partial charge in [-0.15, -0.1) is 0 Å². The number of carbonyl (C=O) groups is 1. The third-order valence-corrected chi connectivity index (χ3v) is 8.26. The number of H-pyrrole nitrogens is 1. The Morgan fingerprint density at radius 2 is 1.87 bits per heavy atom. The molecule has 1 aliphatic heterocycles. The Kier molecular flexibility index (Phi) is 5.97. The van der Waals surface area contributed by atoms with Crippen molar-refractivity contribution in [3.63, 3.8) is 0 Å². The van der Waals surface area contributed by atoms with E-state index in [0.717, 1.165) is 10.9 Å². The predicted molar refractivity (Wildman–Crippen MR) is 118 cm³/mol. The summed E-state index contributed by atoms with van der Waals surface area (Å²) in [5.74, 6) is 0.00776. The molecular weight excluding hydrogens is 420 g/mol. The van der Waals surface area contributed by atoms with Crippen LogP contribution in [-0.2, 0) is 10.0 Å². The lowest BCUT2D eigenvalue weighted by atomic mass is 10.1. The molecule has 1 N–H and O–H groups in total. The van der Waals surface area contributed by atoms with Gasteiger partial charge >= 0.3 is 0 Å². The number of sulfonamides is 1. The molecule has 1 aliphatic rings. The van der Waals surface area contributed by atoms with Crippen molar-refractivity contribution in [1.82, 2.24) is 19.2 Å². The minimum atomic E-state index is -3.54. The molecule has 1 aromatic carbocycles. The van der Waals surface area contributed by atoms with Crippen LogP contribution in [0.3, 0.4) is 0 Å². The standard InChI is InChI=1S/C21H24N4O3S2/c1-15(21(26)18-14-22-19-6-4-3-5-17(18)19)29-20-8-7-16(13-23-20)30(27,28)25-11-9-24(2)10-12-25/h3-8,13-15,22H,9-12H2,1-2H3. The van der Waals surface area contributed by atoms with Crippen LogP contribution in [-0.4, -0.2) is 71.9 Å². The van der Waals surface area contributed by atoms with Gasteiger partial charge in [-0.25, -0.2) is 13.4 Å². The van der Waals surface area contributed by atoms with Gasteiger partial charge in [0, 0.05) is 55.0 Å². The number of ketones is 1. The van der Waals surface area contributed by atoms with Crippen molar-refractivity contribution in [2.45, 2.75) is 22.1 Å². The number of pyridine rings is 1. The zero-order chi connectivity index (χ0) is 21.3. The maximum Gasteiger partial charge on any atom is 0.244 e. The fourth-order valence-electron chi connectivity index (χ4n) is 3.50. The van der Waals surface area contributed by atoms with Gasteiger partial charge in [0.2, 0.25) is 10.0 Å². The number of hydrogen-bond acceptors (Lipinski definition) is 6. The molecule has 3 heterocycles. The number of para-hydroxylation sites is 1. The molecule has 158 valence electrons. The van der Waals surface area contributed by atoms with Crippen molar-refractivity contribution >= 4 is 38.5 Å². The minimum Gasteiger partial charge on any atom is -0.360 e. The average Bonchev–Trinajstić information content (AvgIpc) is 3.18. The number of aromatic nitrogens is 2. The summed E-state index contributed by atoms with van der Waals surface area (Å²) in [6, 6.07) is 10.9. The molecule has 0 spiro atoms. The molecule has 4 rings (SSSR count). The topological polar surface area (TPSA) is 86.4 Å². The molecule has 1 saturated heterocycles. The molecule has 0 bridgehead atoms. The van der Waals surface area contributed by atoms with Crippen LogP contribution in [0, 0.1) is 0 Å². The van der Waals surface area contributed by atoms with E-state index >= 15 is 0 Å². The number of nitrogens with one attached hydrogen (secondary N) is 1. The van der Waals surface area contributed by atoms with Crippen molar-refractivity contribution in [3.8, 4) is 0 Å². The van der Waals surface area contributed by atoms with E-state index in [2.05, 4.69) is 14.9 Å². The second-order valence-corrected chi connectivity index (χ2v) is 10.7. The normalized spacial score (nSPS) is 17.3. The number of aromatic amines is 1. The Hall–Kier alpha value is -2.20. The van der Waals surface area contributed by atoms with Crippen LogP contribution in [0.4, 0.5) is 0 Å². The van der Waals surface area contributed by atoms with E-state index in [1.54, 1.807) is 18.3 Å². The molecule has 1 unspecified atom stereocenters. The largest absolute Gasteiger partial charge is 0.360 e. The Morgan fingerprint density at radius 1 is 1.13 bits per heavy atom. The smallest absolute Gasteiger partial charge is 0.244 e. The molecule has 0 amide bonds. The van der Waals surface area contributed by atoms with Gasteiger partial charge in [-0.3, -0.25) is 4.79 Å². The number of nitrogens with zero attached hydrogens (tertiary/aromatic N) is 3. The number of carbonyl (C=O) groups excluding carboxylic acids is 1. The molecule has 9 heteroatoms. The van der Waals surface area contributed by atoms with Crippen LogP contribution >= 0.6 is 11.8 Å². The number of rotatable bonds is 6. The first-order valence-electron chi connectivity index (χ1n) is 9.78. The van der Waals surface area contributed by atoms with Crippen LogP contribution in [0.15, 0.2) is 58.7 Å². The summed E-state index contributed by atoms with van der Waals surface area (Å²) >= 11 is 1.32. The highest BCUT2D eigenvalue weighted by molar-refractivity contribution is 8.00. The van der Waals surface area contributed by atoms with Gasteiger partial charge in [0.25, 0.3) is 0 Å². The van der Waals surface area contributed by atoms with E-state index in [9.17, 15) is 13.2 Å². The number of Topliss-reactive ketones (excluding diaryl/α,β-unsaturated/α-hetero) is 1. The quantitative estimate of drug-likeness (QED) is 0.465. The monoisotopic (exact) mass is 444 g/mol. The summed E-state index contributed by atoms with van der Waals surface area (Å²) in [6.07, 6.45) is 3.13. The number of thioether (sulfide) groups is 1. The Balaban J connectivity index is 1.46. The maximum absolute atomic E-state index is 12.9.